The summed E-state index contributed by atoms with van der Waals surface area (Å²) in [4.78, 5) is 23.0. The molecule has 2 unspecified atom stereocenters. The first-order valence-electron chi connectivity index (χ1n) is 18.6. The molecule has 0 bridgehead atoms. The van der Waals surface area contributed by atoms with Gasteiger partial charge in [0.1, 0.15) is 6.61 Å². The first kappa shape index (κ1) is 64.6. The van der Waals surface area contributed by atoms with Gasteiger partial charge in [0.2, 0.25) is 0 Å². The van der Waals surface area contributed by atoms with Crippen LogP contribution in [-0.4, -0.2) is 88.0 Å². The van der Waals surface area contributed by atoms with Crippen molar-refractivity contribution in [1.29, 1.82) is 0 Å². The molecule has 0 aliphatic rings. The molecule has 1 rings (SSSR count). The van der Waals surface area contributed by atoms with Crippen molar-refractivity contribution in [2.24, 2.45) is 15.7 Å². The predicted octanol–water partition coefficient (Wildman–Crippen LogP) is 9.47. The molecule has 57 heavy (non-hydrogen) atoms. The molecule has 0 spiro atoms. The summed E-state index contributed by atoms with van der Waals surface area (Å²) in [6.07, 6.45) is 3.39. The standard InChI is InChI=1S/C14H32O3Si2.C12H14F3NO3S.C11H22O4.2CH4.Ag/c1-9-14(2,3)13(15)16-11-10-12-19(7,8)17-18(4,5)6;1-3-8(2)9-4-6-10(7-5-9)11(17)16-20(18,19)12(13,14)15;1-4-10(3)11(12)15-9-8-14-7-6-13-5-2;;;/h9-12H2,1-8H3;4-8H,3H2,1-2H3,(H,16,17);10H,4-9H2,1-3H3;2*1H4;/q;;;;;+1/p-1. The number of hydrogen-bond donors (Lipinski definition) is 0. The minimum atomic E-state index is -5.80. The smallest absolute Gasteiger partial charge is 0.858 e. The van der Waals surface area contributed by atoms with Gasteiger partial charge in [-0.15, -0.1) is 0 Å². The molecule has 0 saturated carbocycles. The predicted molar refractivity (Wildman–Crippen MR) is 224 cm³/mol. The number of ether oxygens (including phenoxy) is 4. The fourth-order valence-corrected chi connectivity index (χ4v) is 12.6. The van der Waals surface area contributed by atoms with Gasteiger partial charge in [0.05, 0.1) is 37.8 Å². The third-order valence-electron chi connectivity index (χ3n) is 8.07. The molecule has 1 aromatic carbocycles. The molecule has 0 radical (unpaired) electrons. The molecule has 1 aromatic rings. The van der Waals surface area contributed by atoms with Gasteiger partial charge in [-0.05, 0) is 102 Å². The van der Waals surface area contributed by atoms with E-state index in [1.54, 1.807) is 12.1 Å². The largest absolute Gasteiger partial charge is 1.00 e. The van der Waals surface area contributed by atoms with Crippen LogP contribution in [0.2, 0.25) is 38.8 Å². The Balaban J connectivity index is -0.000000234. The Bertz CT molecular complexity index is 1360. The number of hydrogen-bond acceptors (Lipinski definition) is 10. The molecular weight excluding hydrogens is 896 g/mol. The van der Waals surface area contributed by atoms with E-state index in [0.717, 1.165) is 37.3 Å². The van der Waals surface area contributed by atoms with Gasteiger partial charge in [-0.2, -0.15) is 26.0 Å². The maximum Gasteiger partial charge on any atom is 1.00 e. The number of sulfonamides is 1. The zero-order chi connectivity index (χ0) is 42.4. The Kier molecular flexibility index (Phi) is 35.5. The summed E-state index contributed by atoms with van der Waals surface area (Å²) >= 11 is 0. The number of nitrogens with zero attached hydrogens (tertiary/aromatic N) is 1. The molecule has 0 amide bonds. The van der Waals surface area contributed by atoms with E-state index < -0.39 is 38.1 Å². The van der Waals surface area contributed by atoms with Crippen LogP contribution >= 0.6 is 0 Å². The van der Waals surface area contributed by atoms with Crippen molar-refractivity contribution in [2.75, 3.05) is 39.6 Å². The molecule has 342 valence electrons. The van der Waals surface area contributed by atoms with Gasteiger partial charge in [0.15, 0.2) is 16.6 Å². The minimum Gasteiger partial charge on any atom is -0.858 e. The SMILES string of the molecule is C.C.CCC(C)(C)C(=O)OCCC[Si](C)(C)O[Si](C)(C)C.CCC(C)c1ccc(C([O-])=NS(=O)(=O)C(F)(F)F)cc1.CCOCCOCCOC(=O)C(C)CC.[Ag+]. The van der Waals surface area contributed by atoms with Crippen molar-refractivity contribution >= 4 is 44.5 Å². The fraction of sp³-hybridized carbons (Fsp3) is 0.769. The van der Waals surface area contributed by atoms with Crippen LogP contribution < -0.4 is 5.11 Å². The van der Waals surface area contributed by atoms with E-state index in [-0.39, 0.29) is 72.0 Å². The Morgan fingerprint density at radius 3 is 1.77 bits per heavy atom. The first-order chi connectivity index (χ1) is 24.7. The Hall–Kier alpha value is -1.58. The number of halogens is 3. The Morgan fingerprint density at radius 1 is 0.825 bits per heavy atom. The van der Waals surface area contributed by atoms with Gasteiger partial charge >= 0.3 is 49.9 Å². The molecule has 0 aliphatic carbocycles. The summed E-state index contributed by atoms with van der Waals surface area (Å²) in [5, 5.41) is 11.4. The minimum absolute atomic E-state index is 0. The maximum absolute atomic E-state index is 12.1. The Morgan fingerprint density at radius 2 is 1.33 bits per heavy atom. The molecule has 0 N–H and O–H groups in total. The van der Waals surface area contributed by atoms with Crippen molar-refractivity contribution < 1.29 is 81.7 Å². The van der Waals surface area contributed by atoms with E-state index >= 15 is 0 Å². The van der Waals surface area contributed by atoms with Crippen molar-refractivity contribution in [3.8, 4) is 0 Å². The van der Waals surface area contributed by atoms with Crippen molar-refractivity contribution in [1.82, 2.24) is 0 Å². The van der Waals surface area contributed by atoms with Gasteiger partial charge < -0.3 is 28.2 Å². The zero-order valence-electron chi connectivity index (χ0n) is 35.1. The number of alkyl halides is 3. The second-order valence-electron chi connectivity index (χ2n) is 15.0. The summed E-state index contributed by atoms with van der Waals surface area (Å²) < 4.78 is 86.9. The van der Waals surface area contributed by atoms with Crippen LogP contribution in [0.4, 0.5) is 13.2 Å². The average molecular weight is 971 g/mol. The van der Waals surface area contributed by atoms with Crippen LogP contribution in [0.15, 0.2) is 28.7 Å². The molecule has 0 heterocycles. The monoisotopic (exact) mass is 969 g/mol. The van der Waals surface area contributed by atoms with Crippen molar-refractivity contribution in [2.45, 2.75) is 146 Å². The van der Waals surface area contributed by atoms with E-state index in [0.29, 0.717) is 39.6 Å². The first-order valence-corrected chi connectivity index (χ1v) is 26.5. The second kappa shape index (κ2) is 31.3. The number of benzene rings is 1. The molecular formula is C39H75AgF3NO10SSi2. The van der Waals surface area contributed by atoms with Crippen LogP contribution in [0.3, 0.4) is 0 Å². The third kappa shape index (κ3) is 30.2. The summed E-state index contributed by atoms with van der Waals surface area (Å²) in [5.74, 6) is -1.45. The van der Waals surface area contributed by atoms with Crippen LogP contribution in [0.25, 0.3) is 0 Å². The van der Waals surface area contributed by atoms with Gasteiger partial charge in [-0.3, -0.25) is 9.59 Å². The molecule has 11 nitrogen and oxygen atoms in total. The van der Waals surface area contributed by atoms with Gasteiger partial charge in [-0.25, -0.2) is 0 Å². The maximum atomic E-state index is 12.1. The summed E-state index contributed by atoms with van der Waals surface area (Å²) in [7, 11) is -8.85. The van der Waals surface area contributed by atoms with Crippen LogP contribution in [0.5, 0.6) is 0 Å². The summed E-state index contributed by atoms with van der Waals surface area (Å²) in [6, 6.07) is 6.71. The zero-order valence-corrected chi connectivity index (χ0v) is 39.4. The van der Waals surface area contributed by atoms with Crippen LogP contribution in [-0.2, 0) is 65.1 Å². The third-order valence-corrected chi connectivity index (χ3v) is 15.3. The molecule has 0 aliphatic heterocycles. The Labute approximate surface area is 361 Å². The molecule has 0 aromatic heterocycles. The fourth-order valence-electron chi connectivity index (χ4n) is 4.16. The number of carbonyl (C=O) groups excluding carboxylic acids is 2. The van der Waals surface area contributed by atoms with E-state index in [1.807, 2.05) is 55.4 Å². The molecule has 0 fully saturated rings. The second-order valence-corrected chi connectivity index (χ2v) is 25.6. The quantitative estimate of drug-likeness (QED) is 0.0383. The molecule has 18 heteroatoms. The summed E-state index contributed by atoms with van der Waals surface area (Å²) in [5.41, 5.74) is -5.23. The topological polar surface area (TPSA) is 150 Å². The molecule has 2 atom stereocenters. The number of carbonyl (C=O) groups is 2. The van der Waals surface area contributed by atoms with E-state index in [1.165, 1.54) is 12.1 Å². The molecule has 0 saturated heterocycles. The van der Waals surface area contributed by atoms with Gasteiger partial charge in [0, 0.05) is 12.5 Å². The van der Waals surface area contributed by atoms with E-state index in [9.17, 15) is 36.3 Å². The normalized spacial score (nSPS) is 13.1. The van der Waals surface area contributed by atoms with Crippen molar-refractivity contribution in [3.05, 3.63) is 35.4 Å². The number of rotatable bonds is 21. The van der Waals surface area contributed by atoms with Gasteiger partial charge in [0.25, 0.3) is 0 Å². The van der Waals surface area contributed by atoms with E-state index in [2.05, 4.69) is 37.1 Å². The summed E-state index contributed by atoms with van der Waals surface area (Å²) in [6.45, 7) is 29.9. The van der Waals surface area contributed by atoms with E-state index in [4.69, 9.17) is 23.1 Å². The average Bonchev–Trinajstić information content (AvgIpc) is 3.07. The van der Waals surface area contributed by atoms with Gasteiger partial charge in [-0.1, -0.05) is 73.7 Å². The number of esters is 2. The van der Waals surface area contributed by atoms with Crippen LogP contribution in [0.1, 0.15) is 113 Å². The van der Waals surface area contributed by atoms with Crippen molar-refractivity contribution in [3.63, 3.8) is 0 Å². The van der Waals surface area contributed by atoms with Crippen LogP contribution in [0, 0.1) is 11.3 Å².